The lowest BCUT2D eigenvalue weighted by Gasteiger charge is -2.25. The number of aliphatic hydroxyl groups is 1. The number of hydrogen-bond donors (Lipinski definition) is 3. The maximum atomic E-state index is 14.2. The van der Waals surface area contributed by atoms with Gasteiger partial charge in [0.2, 0.25) is 5.60 Å². The number of imidazole rings is 1. The number of nitrogens with zero attached hydrogens (tertiary/aromatic N) is 4. The second-order valence-corrected chi connectivity index (χ2v) is 7.10. The number of halogens is 4. The molecule has 1 saturated heterocycles. The smallest absolute Gasteiger partial charge is 0.375 e. The first kappa shape index (κ1) is 19.5. The highest BCUT2D eigenvalue weighted by Crippen LogP contribution is 2.37. The fraction of sp³-hybridized carbons (Fsp3) is 0.389. The lowest BCUT2D eigenvalue weighted by Crippen LogP contribution is -2.40. The number of rotatable bonds is 4. The van der Waals surface area contributed by atoms with Crippen molar-refractivity contribution in [3.05, 3.63) is 42.2 Å². The number of nitrogens with one attached hydrogen (secondary N) is 2. The second-order valence-electron chi connectivity index (χ2n) is 7.10. The monoisotopic (exact) mass is 410 g/mol. The molecule has 0 saturated carbocycles. The zero-order valence-corrected chi connectivity index (χ0v) is 15.3. The highest BCUT2D eigenvalue weighted by atomic mass is 19.4. The molecule has 0 bridgehead atoms. The molecule has 3 N–H and O–H groups in total. The number of aromatic nitrogens is 4. The molecule has 0 aromatic carbocycles. The summed E-state index contributed by atoms with van der Waals surface area (Å²) in [6, 6.07) is 2.53. The Hall–Kier alpha value is -2.79. The first-order valence-corrected chi connectivity index (χ1v) is 8.93. The summed E-state index contributed by atoms with van der Waals surface area (Å²) in [7, 11) is 0. The quantitative estimate of drug-likeness (QED) is 0.573. The van der Waals surface area contributed by atoms with Crippen LogP contribution in [-0.2, 0) is 5.60 Å². The van der Waals surface area contributed by atoms with Gasteiger partial charge in [0.05, 0.1) is 29.5 Å². The Morgan fingerprint density at radius 1 is 1.24 bits per heavy atom. The zero-order chi connectivity index (χ0) is 20.8. The van der Waals surface area contributed by atoms with Gasteiger partial charge in [-0.15, -0.1) is 0 Å². The predicted octanol–water partition coefficient (Wildman–Crippen LogP) is 2.47. The number of fused-ring (bicyclic) bond motifs is 1. The van der Waals surface area contributed by atoms with Crippen LogP contribution < -0.4 is 10.6 Å². The normalized spacial score (nSPS) is 19.4. The third-order valence-corrected chi connectivity index (χ3v) is 4.91. The van der Waals surface area contributed by atoms with Gasteiger partial charge in [-0.1, -0.05) is 0 Å². The minimum atomic E-state index is -4.92. The van der Waals surface area contributed by atoms with E-state index in [4.69, 9.17) is 0 Å². The van der Waals surface area contributed by atoms with Crippen LogP contribution in [0.25, 0.3) is 17.0 Å². The van der Waals surface area contributed by atoms with Crippen molar-refractivity contribution >= 4 is 11.5 Å². The molecule has 7 nitrogen and oxygen atoms in total. The topological polar surface area (TPSA) is 87.4 Å². The first-order chi connectivity index (χ1) is 13.6. The van der Waals surface area contributed by atoms with Crippen LogP contribution in [0.1, 0.15) is 19.0 Å². The second kappa shape index (κ2) is 6.92. The Labute approximate surface area is 162 Å². The molecule has 4 heterocycles. The molecular formula is C18H18F4N6O. The first-order valence-electron chi connectivity index (χ1n) is 8.93. The number of pyridine rings is 1. The molecule has 29 heavy (non-hydrogen) atoms. The molecule has 0 aliphatic carbocycles. The molecule has 0 amide bonds. The lowest BCUT2D eigenvalue weighted by molar-refractivity contribution is -0.260. The highest BCUT2D eigenvalue weighted by Gasteiger charge is 2.52. The average molecular weight is 410 g/mol. The van der Waals surface area contributed by atoms with E-state index in [2.05, 4.69) is 25.6 Å². The SMILES string of the molecule is CC(O)(c1cn2c(-c3cc(F)cc(NC4CCNC4)n3)cnc2cn1)C(F)(F)F. The number of alkyl halides is 3. The van der Waals surface area contributed by atoms with Gasteiger partial charge in [-0.2, -0.15) is 13.2 Å². The van der Waals surface area contributed by atoms with Crippen molar-refractivity contribution in [3.8, 4) is 11.4 Å². The van der Waals surface area contributed by atoms with Crippen molar-refractivity contribution in [1.82, 2.24) is 24.7 Å². The fourth-order valence-electron chi connectivity index (χ4n) is 3.16. The van der Waals surface area contributed by atoms with E-state index in [1.807, 2.05) is 0 Å². The molecule has 154 valence electrons. The fourth-order valence-corrected chi connectivity index (χ4v) is 3.16. The third kappa shape index (κ3) is 3.62. The Kier molecular flexibility index (Phi) is 4.66. The van der Waals surface area contributed by atoms with Crippen molar-refractivity contribution in [2.75, 3.05) is 18.4 Å². The van der Waals surface area contributed by atoms with Crippen LogP contribution in [-0.4, -0.2) is 49.8 Å². The molecule has 1 aliphatic heterocycles. The molecule has 1 fully saturated rings. The van der Waals surface area contributed by atoms with Gasteiger partial charge in [0.25, 0.3) is 0 Å². The summed E-state index contributed by atoms with van der Waals surface area (Å²) in [5.41, 5.74) is -3.06. The molecule has 11 heteroatoms. The average Bonchev–Trinajstić information content (AvgIpc) is 3.29. The summed E-state index contributed by atoms with van der Waals surface area (Å²) < 4.78 is 55.0. The Morgan fingerprint density at radius 2 is 2.03 bits per heavy atom. The highest BCUT2D eigenvalue weighted by molar-refractivity contribution is 5.62. The molecule has 0 radical (unpaired) electrons. The van der Waals surface area contributed by atoms with E-state index in [0.29, 0.717) is 12.7 Å². The van der Waals surface area contributed by atoms with Gasteiger partial charge >= 0.3 is 6.18 Å². The number of hydrogen-bond acceptors (Lipinski definition) is 6. The standard InChI is InChI=1S/C18H18F4N6O/c1-17(29,18(20,21)22)14-9-28-13(7-25-16(28)8-24-14)12-4-10(19)5-15(27-12)26-11-2-3-23-6-11/h4-5,7-9,11,23,29H,2-3,6H2,1H3,(H,26,27). The molecule has 3 aromatic rings. The molecule has 2 unspecified atom stereocenters. The van der Waals surface area contributed by atoms with Crippen LogP contribution in [0.4, 0.5) is 23.4 Å². The minimum Gasteiger partial charge on any atom is -0.375 e. The van der Waals surface area contributed by atoms with Crippen LogP contribution in [0, 0.1) is 5.82 Å². The van der Waals surface area contributed by atoms with Crippen LogP contribution >= 0.6 is 0 Å². The Balaban J connectivity index is 1.76. The van der Waals surface area contributed by atoms with E-state index in [9.17, 15) is 22.7 Å². The van der Waals surface area contributed by atoms with Gasteiger partial charge in [-0.05, 0) is 19.9 Å². The maximum absolute atomic E-state index is 14.2. The van der Waals surface area contributed by atoms with Crippen molar-refractivity contribution in [2.45, 2.75) is 31.2 Å². The number of anilines is 1. The van der Waals surface area contributed by atoms with Gasteiger partial charge in [0.1, 0.15) is 11.6 Å². The molecule has 3 aromatic heterocycles. The summed E-state index contributed by atoms with van der Waals surface area (Å²) >= 11 is 0. The van der Waals surface area contributed by atoms with E-state index < -0.39 is 23.3 Å². The summed E-state index contributed by atoms with van der Waals surface area (Å²) in [6.45, 7) is 2.20. The molecule has 4 rings (SSSR count). The van der Waals surface area contributed by atoms with Gasteiger partial charge in [0, 0.05) is 30.9 Å². The van der Waals surface area contributed by atoms with Crippen molar-refractivity contribution in [2.24, 2.45) is 0 Å². The van der Waals surface area contributed by atoms with Gasteiger partial charge in [-0.25, -0.2) is 14.4 Å². The maximum Gasteiger partial charge on any atom is 0.422 e. The predicted molar refractivity (Wildman–Crippen MR) is 96.7 cm³/mol. The Morgan fingerprint density at radius 3 is 2.72 bits per heavy atom. The summed E-state index contributed by atoms with van der Waals surface area (Å²) in [5.74, 6) is -0.227. The van der Waals surface area contributed by atoms with Crippen LogP contribution in [0.3, 0.4) is 0 Å². The Bertz CT molecular complexity index is 1040. The summed E-state index contributed by atoms with van der Waals surface area (Å²) in [4.78, 5) is 12.2. The van der Waals surface area contributed by atoms with Gasteiger partial charge in [-0.3, -0.25) is 9.38 Å². The van der Waals surface area contributed by atoms with Crippen LogP contribution in [0.15, 0.2) is 30.7 Å². The van der Waals surface area contributed by atoms with E-state index in [0.717, 1.165) is 31.9 Å². The van der Waals surface area contributed by atoms with Crippen molar-refractivity contribution < 1.29 is 22.7 Å². The zero-order valence-electron chi connectivity index (χ0n) is 15.3. The molecule has 2 atom stereocenters. The summed E-state index contributed by atoms with van der Waals surface area (Å²) in [5, 5.41) is 16.2. The minimum absolute atomic E-state index is 0.108. The van der Waals surface area contributed by atoms with Gasteiger partial charge < -0.3 is 15.7 Å². The summed E-state index contributed by atoms with van der Waals surface area (Å²) in [6.07, 6.45) is -0.540. The van der Waals surface area contributed by atoms with Crippen LogP contribution in [0.5, 0.6) is 0 Å². The van der Waals surface area contributed by atoms with Gasteiger partial charge in [0.15, 0.2) is 5.65 Å². The van der Waals surface area contributed by atoms with E-state index in [-0.39, 0.29) is 23.1 Å². The van der Waals surface area contributed by atoms with Crippen molar-refractivity contribution in [1.29, 1.82) is 0 Å². The van der Waals surface area contributed by atoms with E-state index >= 15 is 0 Å². The van der Waals surface area contributed by atoms with E-state index in [1.165, 1.54) is 22.7 Å². The largest absolute Gasteiger partial charge is 0.422 e. The van der Waals surface area contributed by atoms with Crippen LogP contribution in [0.2, 0.25) is 0 Å². The van der Waals surface area contributed by atoms with E-state index in [1.54, 1.807) is 0 Å². The van der Waals surface area contributed by atoms with Crippen molar-refractivity contribution in [3.63, 3.8) is 0 Å². The lowest BCUT2D eigenvalue weighted by atomic mass is 10.0. The molecule has 0 spiro atoms. The molecule has 1 aliphatic rings. The third-order valence-electron chi connectivity index (χ3n) is 4.91. The molecular weight excluding hydrogens is 392 g/mol.